The lowest BCUT2D eigenvalue weighted by Crippen LogP contribution is -2.33. The molecule has 1 atom stereocenters. The number of fused-ring (bicyclic) bond motifs is 1. The van der Waals surface area contributed by atoms with E-state index in [4.69, 9.17) is 5.90 Å². The van der Waals surface area contributed by atoms with Gasteiger partial charge in [-0.05, 0) is 12.1 Å². The van der Waals surface area contributed by atoms with Gasteiger partial charge in [-0.25, -0.2) is 5.90 Å². The monoisotopic (exact) mass is 194 g/mol. The molecule has 0 fully saturated rings. The van der Waals surface area contributed by atoms with Gasteiger partial charge < -0.3 is 14.8 Å². The number of rotatable bonds is 2. The molecule has 0 spiro atoms. The second-order valence-corrected chi connectivity index (χ2v) is 3.58. The van der Waals surface area contributed by atoms with E-state index in [-0.39, 0.29) is 6.04 Å². The van der Waals surface area contributed by atoms with Gasteiger partial charge in [-0.2, -0.15) is 0 Å². The second kappa shape index (κ2) is 3.48. The number of phenols is 1. The zero-order valence-electron chi connectivity index (χ0n) is 8.10. The molecule has 0 aromatic heterocycles. The number of hydrogen-bond donors (Lipinski definition) is 2. The molecule has 1 aromatic carbocycles. The van der Waals surface area contributed by atoms with Crippen molar-refractivity contribution < 1.29 is 9.94 Å². The molecule has 0 aliphatic carbocycles. The van der Waals surface area contributed by atoms with Crippen molar-refractivity contribution in [3.63, 3.8) is 0 Å². The summed E-state index contributed by atoms with van der Waals surface area (Å²) in [7, 11) is 1.98. The quantitative estimate of drug-likeness (QED) is 0.678. The summed E-state index contributed by atoms with van der Waals surface area (Å²) in [4.78, 5) is 6.73. The molecule has 1 aliphatic heterocycles. The first-order valence-corrected chi connectivity index (χ1v) is 4.59. The Morgan fingerprint density at radius 1 is 1.64 bits per heavy atom. The van der Waals surface area contributed by atoms with Gasteiger partial charge in [0, 0.05) is 24.7 Å². The minimum absolute atomic E-state index is 0.225. The Hall–Kier alpha value is -1.26. The summed E-state index contributed by atoms with van der Waals surface area (Å²) in [6.07, 6.45) is 0.787. The fourth-order valence-corrected chi connectivity index (χ4v) is 1.95. The van der Waals surface area contributed by atoms with Crippen LogP contribution in [0, 0.1) is 0 Å². The SMILES string of the molecule is CN1c2cccc(O)c2CC1CON. The van der Waals surface area contributed by atoms with Crippen molar-refractivity contribution in [1.82, 2.24) is 0 Å². The Morgan fingerprint density at radius 2 is 2.43 bits per heavy atom. The second-order valence-electron chi connectivity index (χ2n) is 3.58. The van der Waals surface area contributed by atoms with Crippen molar-refractivity contribution in [2.75, 3.05) is 18.6 Å². The van der Waals surface area contributed by atoms with Crippen LogP contribution in [0.25, 0.3) is 0 Å². The Labute approximate surface area is 82.8 Å². The molecule has 4 nitrogen and oxygen atoms in total. The van der Waals surface area contributed by atoms with Crippen LogP contribution >= 0.6 is 0 Å². The van der Waals surface area contributed by atoms with E-state index in [1.165, 1.54) is 0 Å². The van der Waals surface area contributed by atoms with Crippen LogP contribution in [-0.4, -0.2) is 24.8 Å². The number of nitrogens with two attached hydrogens (primary N) is 1. The maximum absolute atomic E-state index is 9.64. The summed E-state index contributed by atoms with van der Waals surface area (Å²) < 4.78 is 0. The summed E-state index contributed by atoms with van der Waals surface area (Å²) in [6, 6.07) is 5.77. The fraction of sp³-hybridized carbons (Fsp3) is 0.400. The van der Waals surface area contributed by atoms with Crippen molar-refractivity contribution in [3.8, 4) is 5.75 Å². The lowest BCUT2D eigenvalue weighted by Gasteiger charge is -2.21. The number of hydrogen-bond acceptors (Lipinski definition) is 4. The third-order valence-electron chi connectivity index (χ3n) is 2.78. The predicted octanol–water partition coefficient (Wildman–Crippen LogP) is 0.643. The molecule has 1 aliphatic rings. The minimum Gasteiger partial charge on any atom is -0.508 e. The zero-order chi connectivity index (χ0) is 10.1. The Balaban J connectivity index is 2.30. The molecule has 4 heteroatoms. The number of anilines is 1. The van der Waals surface area contributed by atoms with Crippen molar-refractivity contribution >= 4 is 5.69 Å². The summed E-state index contributed by atoms with van der Waals surface area (Å²) >= 11 is 0. The van der Waals surface area contributed by atoms with E-state index in [2.05, 4.69) is 9.74 Å². The van der Waals surface area contributed by atoms with Crippen LogP contribution in [0.3, 0.4) is 0 Å². The first-order valence-electron chi connectivity index (χ1n) is 4.59. The maximum Gasteiger partial charge on any atom is 0.120 e. The predicted molar refractivity (Wildman–Crippen MR) is 54.1 cm³/mol. The summed E-state index contributed by atoms with van der Waals surface area (Å²) in [5.74, 6) is 5.41. The standard InChI is InChI=1S/C10H14N2O2/c1-12-7(6-14-11)5-8-9(12)3-2-4-10(8)13/h2-4,7,13H,5-6,11H2,1H3. The summed E-state index contributed by atoms with van der Waals surface area (Å²) in [6.45, 7) is 0.477. The van der Waals surface area contributed by atoms with Gasteiger partial charge in [-0.1, -0.05) is 6.07 Å². The molecule has 1 unspecified atom stereocenters. The third kappa shape index (κ3) is 1.32. The van der Waals surface area contributed by atoms with Crippen LogP contribution in [0.15, 0.2) is 18.2 Å². The highest BCUT2D eigenvalue weighted by Gasteiger charge is 2.28. The van der Waals surface area contributed by atoms with Crippen LogP contribution < -0.4 is 10.8 Å². The van der Waals surface area contributed by atoms with Gasteiger partial charge in [-0.15, -0.1) is 0 Å². The largest absolute Gasteiger partial charge is 0.508 e. The van der Waals surface area contributed by atoms with Gasteiger partial charge >= 0.3 is 0 Å². The first-order chi connectivity index (χ1) is 6.74. The lowest BCUT2D eigenvalue weighted by molar-refractivity contribution is 0.124. The Bertz CT molecular complexity index is 341. The molecule has 0 radical (unpaired) electrons. The van der Waals surface area contributed by atoms with Crippen molar-refractivity contribution in [2.24, 2.45) is 5.90 Å². The molecular weight excluding hydrogens is 180 g/mol. The molecule has 76 valence electrons. The van der Waals surface area contributed by atoms with E-state index in [1.54, 1.807) is 6.07 Å². The molecule has 1 heterocycles. The van der Waals surface area contributed by atoms with Crippen LogP contribution in [0.1, 0.15) is 5.56 Å². The molecule has 0 saturated carbocycles. The maximum atomic E-state index is 9.64. The summed E-state index contributed by atoms with van der Waals surface area (Å²) in [5.41, 5.74) is 2.05. The van der Waals surface area contributed by atoms with Gasteiger partial charge in [0.05, 0.1) is 12.6 Å². The summed E-state index contributed by atoms with van der Waals surface area (Å²) in [5, 5.41) is 9.64. The van der Waals surface area contributed by atoms with Crippen LogP contribution in [-0.2, 0) is 11.3 Å². The van der Waals surface area contributed by atoms with Crippen LogP contribution in [0.2, 0.25) is 0 Å². The van der Waals surface area contributed by atoms with Crippen molar-refractivity contribution in [3.05, 3.63) is 23.8 Å². The van der Waals surface area contributed by atoms with Gasteiger partial charge in [0.1, 0.15) is 5.75 Å². The third-order valence-corrected chi connectivity index (χ3v) is 2.78. The first kappa shape index (κ1) is 9.30. The molecule has 3 N–H and O–H groups in total. The molecule has 0 bridgehead atoms. The van der Waals surface area contributed by atoms with E-state index >= 15 is 0 Å². The number of benzene rings is 1. The smallest absolute Gasteiger partial charge is 0.120 e. The number of phenolic OH excluding ortho intramolecular Hbond substituents is 1. The van der Waals surface area contributed by atoms with E-state index in [1.807, 2.05) is 19.2 Å². The van der Waals surface area contributed by atoms with Gasteiger partial charge in [0.15, 0.2) is 0 Å². The van der Waals surface area contributed by atoms with E-state index in [0.29, 0.717) is 12.4 Å². The minimum atomic E-state index is 0.225. The normalized spacial score (nSPS) is 19.9. The Morgan fingerprint density at radius 3 is 3.07 bits per heavy atom. The molecular formula is C10H14N2O2. The average Bonchev–Trinajstić information content (AvgIpc) is 2.48. The van der Waals surface area contributed by atoms with Crippen LogP contribution in [0.4, 0.5) is 5.69 Å². The zero-order valence-corrected chi connectivity index (χ0v) is 8.10. The average molecular weight is 194 g/mol. The van der Waals surface area contributed by atoms with Gasteiger partial charge in [0.2, 0.25) is 0 Å². The van der Waals surface area contributed by atoms with Crippen molar-refractivity contribution in [2.45, 2.75) is 12.5 Å². The topological polar surface area (TPSA) is 58.7 Å². The van der Waals surface area contributed by atoms with Gasteiger partial charge in [-0.3, -0.25) is 0 Å². The van der Waals surface area contributed by atoms with Gasteiger partial charge in [0.25, 0.3) is 0 Å². The molecule has 0 amide bonds. The number of likely N-dealkylation sites (N-methyl/N-ethyl adjacent to an activating group) is 1. The molecule has 2 rings (SSSR count). The highest BCUT2D eigenvalue weighted by atomic mass is 16.6. The highest BCUT2D eigenvalue weighted by molar-refractivity contribution is 5.63. The molecule has 0 saturated heterocycles. The lowest BCUT2D eigenvalue weighted by atomic mass is 10.1. The fourth-order valence-electron chi connectivity index (χ4n) is 1.95. The Kier molecular flexibility index (Phi) is 2.31. The molecule has 1 aromatic rings. The van der Waals surface area contributed by atoms with Crippen molar-refractivity contribution in [1.29, 1.82) is 0 Å². The highest BCUT2D eigenvalue weighted by Crippen LogP contribution is 2.36. The van der Waals surface area contributed by atoms with E-state index in [9.17, 15) is 5.11 Å². The van der Waals surface area contributed by atoms with Crippen LogP contribution in [0.5, 0.6) is 5.75 Å². The number of nitrogens with zero attached hydrogens (tertiary/aromatic N) is 1. The van der Waals surface area contributed by atoms with E-state index < -0.39 is 0 Å². The van der Waals surface area contributed by atoms with E-state index in [0.717, 1.165) is 17.7 Å². The number of aromatic hydroxyl groups is 1. The molecule has 14 heavy (non-hydrogen) atoms.